The van der Waals surface area contributed by atoms with Crippen LogP contribution in [0.2, 0.25) is 5.02 Å². The van der Waals surface area contributed by atoms with E-state index in [1.165, 1.54) is 0 Å². The third-order valence-corrected chi connectivity index (χ3v) is 6.44. The highest BCUT2D eigenvalue weighted by molar-refractivity contribution is 8.11. The van der Waals surface area contributed by atoms with E-state index in [9.17, 15) is 48.0 Å². The van der Waals surface area contributed by atoms with Crippen molar-refractivity contribution < 1.29 is 53.1 Å². The molecule has 0 unspecified atom stereocenters. The van der Waals surface area contributed by atoms with Crippen LogP contribution in [0.15, 0.2) is 18.2 Å². The van der Waals surface area contributed by atoms with E-state index in [0.29, 0.717) is 12.1 Å². The molecule has 0 bridgehead atoms. The van der Waals surface area contributed by atoms with Crippen LogP contribution in [0.1, 0.15) is 10.4 Å². The van der Waals surface area contributed by atoms with Crippen LogP contribution < -0.4 is 3.71 Å². The van der Waals surface area contributed by atoms with Crippen LogP contribution in [-0.2, 0) is 20.0 Å². The molecule has 0 aliphatic rings. The Morgan fingerprint density at radius 1 is 0.960 bits per heavy atom. The molecule has 1 aromatic carbocycles. The van der Waals surface area contributed by atoms with Gasteiger partial charge in [0.25, 0.3) is 0 Å². The summed E-state index contributed by atoms with van der Waals surface area (Å²) in [5, 5.41) is 7.29. The summed E-state index contributed by atoms with van der Waals surface area (Å²) < 4.78 is 120. The smallest absolute Gasteiger partial charge is 0.478 e. The molecule has 0 fully saturated rings. The molecule has 16 heteroatoms. The van der Waals surface area contributed by atoms with Gasteiger partial charge in [-0.05, 0) is 12.1 Å². The summed E-state index contributed by atoms with van der Waals surface area (Å²) in [7, 11) is -14.3. The second-order valence-corrected chi connectivity index (χ2v) is 8.21. The molecule has 142 valence electrons. The number of rotatable bonds is 4. The van der Waals surface area contributed by atoms with Gasteiger partial charge in [0.1, 0.15) is 0 Å². The lowest BCUT2D eigenvalue weighted by atomic mass is 10.2. The summed E-state index contributed by atoms with van der Waals surface area (Å²) in [6.07, 6.45) is 0. The van der Waals surface area contributed by atoms with Crippen molar-refractivity contribution >= 4 is 43.3 Å². The molecular weight excluding hydrogens is 432 g/mol. The lowest BCUT2D eigenvalue weighted by Gasteiger charge is -2.26. The SMILES string of the molecule is O=C(O)c1cccc(N(S(=O)(=O)C(F)(F)F)S(=O)(=O)C(F)(F)F)c1Cl. The first-order chi connectivity index (χ1) is 11.0. The number of sulfonamides is 2. The van der Waals surface area contributed by atoms with E-state index in [1.807, 2.05) is 0 Å². The van der Waals surface area contributed by atoms with Crippen molar-refractivity contribution in [1.29, 1.82) is 0 Å². The molecule has 0 radical (unpaired) electrons. The van der Waals surface area contributed by atoms with Crippen molar-refractivity contribution in [3.05, 3.63) is 28.8 Å². The molecule has 25 heavy (non-hydrogen) atoms. The van der Waals surface area contributed by atoms with Gasteiger partial charge >= 0.3 is 37.0 Å². The molecule has 0 aliphatic heterocycles. The van der Waals surface area contributed by atoms with Crippen LogP contribution >= 0.6 is 11.6 Å². The summed E-state index contributed by atoms with van der Waals surface area (Å²) in [5.74, 6) is -1.96. The molecule has 0 saturated carbocycles. The molecule has 0 aromatic heterocycles. The summed E-state index contributed by atoms with van der Waals surface area (Å²) in [5.41, 5.74) is -15.9. The predicted octanol–water partition coefficient (Wildman–Crippen LogP) is 2.54. The molecule has 1 aromatic rings. The van der Waals surface area contributed by atoms with E-state index in [4.69, 9.17) is 16.7 Å². The van der Waals surface area contributed by atoms with E-state index in [-0.39, 0.29) is 6.07 Å². The number of alkyl halides is 6. The first-order valence-electron chi connectivity index (χ1n) is 5.41. The quantitative estimate of drug-likeness (QED) is 0.728. The Labute approximate surface area is 140 Å². The van der Waals surface area contributed by atoms with Gasteiger partial charge in [0, 0.05) is 0 Å². The topological polar surface area (TPSA) is 109 Å². The fourth-order valence-corrected chi connectivity index (χ4v) is 4.53. The number of anilines is 1. The molecule has 1 N–H and O–H groups in total. The third-order valence-electron chi connectivity index (χ3n) is 2.43. The van der Waals surface area contributed by atoms with E-state index in [1.54, 1.807) is 0 Å². The van der Waals surface area contributed by atoms with Crippen molar-refractivity contribution in [1.82, 2.24) is 0 Å². The average Bonchev–Trinajstić information content (AvgIpc) is 2.37. The maximum Gasteiger partial charge on any atom is 0.517 e. The Kier molecular flexibility index (Phi) is 5.29. The maximum absolute atomic E-state index is 12.7. The second-order valence-electron chi connectivity index (χ2n) is 4.04. The Hall–Kier alpha value is -1.74. The Balaban J connectivity index is 3.98. The highest BCUT2D eigenvalue weighted by Crippen LogP contribution is 2.42. The van der Waals surface area contributed by atoms with Crippen molar-refractivity contribution in [2.45, 2.75) is 11.0 Å². The van der Waals surface area contributed by atoms with Gasteiger partial charge in [-0.3, -0.25) is 0 Å². The summed E-state index contributed by atoms with van der Waals surface area (Å²) in [6, 6.07) is 1.28. The number of halogens is 7. The Morgan fingerprint density at radius 3 is 1.68 bits per heavy atom. The predicted molar refractivity (Wildman–Crippen MR) is 70.8 cm³/mol. The van der Waals surface area contributed by atoms with Crippen LogP contribution in [0.5, 0.6) is 0 Å². The molecule has 0 spiro atoms. The zero-order valence-electron chi connectivity index (χ0n) is 11.1. The van der Waals surface area contributed by atoms with Crippen molar-refractivity contribution in [3.8, 4) is 0 Å². The van der Waals surface area contributed by atoms with Gasteiger partial charge in [0.15, 0.2) is 0 Å². The Bertz CT molecular complexity index is 863. The Morgan fingerprint density at radius 2 is 1.36 bits per heavy atom. The van der Waals surface area contributed by atoms with E-state index in [2.05, 4.69) is 0 Å². The summed E-state index contributed by atoms with van der Waals surface area (Å²) in [4.78, 5) is 10.8. The third kappa shape index (κ3) is 3.62. The first kappa shape index (κ1) is 21.3. The monoisotopic (exact) mass is 435 g/mol. The van der Waals surface area contributed by atoms with Crippen molar-refractivity contribution in [3.63, 3.8) is 0 Å². The van der Waals surface area contributed by atoms with E-state index >= 15 is 0 Å². The second kappa shape index (κ2) is 6.21. The number of hydrogen-bond acceptors (Lipinski definition) is 5. The summed E-state index contributed by atoms with van der Waals surface area (Å²) in [6.45, 7) is 0. The van der Waals surface area contributed by atoms with E-state index < -0.39 is 57.0 Å². The minimum Gasteiger partial charge on any atom is -0.478 e. The minimum absolute atomic E-state index is 0.168. The van der Waals surface area contributed by atoms with Gasteiger partial charge in [-0.2, -0.15) is 43.2 Å². The molecule has 7 nitrogen and oxygen atoms in total. The van der Waals surface area contributed by atoms with Crippen molar-refractivity contribution in [2.75, 3.05) is 3.71 Å². The van der Waals surface area contributed by atoms with Gasteiger partial charge < -0.3 is 5.11 Å². The van der Waals surface area contributed by atoms with Crippen LogP contribution in [0, 0.1) is 0 Å². The zero-order valence-corrected chi connectivity index (χ0v) is 13.5. The number of carboxylic acid groups (broad SMARTS) is 1. The fraction of sp³-hybridized carbons (Fsp3) is 0.222. The van der Waals surface area contributed by atoms with Gasteiger partial charge in [-0.15, -0.1) is 3.71 Å². The average molecular weight is 436 g/mol. The first-order valence-corrected chi connectivity index (χ1v) is 8.67. The van der Waals surface area contributed by atoms with Crippen LogP contribution in [0.3, 0.4) is 0 Å². The highest BCUT2D eigenvalue weighted by Gasteiger charge is 2.62. The molecule has 0 heterocycles. The van der Waals surface area contributed by atoms with Crippen molar-refractivity contribution in [2.24, 2.45) is 0 Å². The van der Waals surface area contributed by atoms with Gasteiger partial charge in [0.05, 0.1) is 16.3 Å². The van der Waals surface area contributed by atoms with E-state index in [0.717, 1.165) is 0 Å². The fourth-order valence-electron chi connectivity index (χ4n) is 1.40. The maximum atomic E-state index is 12.7. The minimum atomic E-state index is -7.15. The van der Waals surface area contributed by atoms with Crippen LogP contribution in [0.25, 0.3) is 0 Å². The van der Waals surface area contributed by atoms with Crippen LogP contribution in [0.4, 0.5) is 32.0 Å². The molecule has 0 atom stereocenters. The van der Waals surface area contributed by atoms with Gasteiger partial charge in [-0.1, -0.05) is 17.7 Å². The van der Waals surface area contributed by atoms with Crippen LogP contribution in [-0.4, -0.2) is 38.9 Å². The number of carbonyl (C=O) groups is 1. The van der Waals surface area contributed by atoms with Gasteiger partial charge in [-0.25, -0.2) is 4.79 Å². The number of benzene rings is 1. The highest BCUT2D eigenvalue weighted by atomic mass is 35.5. The standard InChI is InChI=1S/C9H4ClF6NO6S2/c10-6-4(7(18)19)2-1-3-5(6)17(24(20,21)8(11,12)13)25(22,23)9(14,15)16/h1-3H,(H,18,19). The lowest BCUT2D eigenvalue weighted by molar-refractivity contribution is -0.0462. The number of nitrogens with zero attached hydrogens (tertiary/aromatic N) is 1. The largest absolute Gasteiger partial charge is 0.517 e. The molecule has 0 amide bonds. The lowest BCUT2D eigenvalue weighted by Crippen LogP contribution is -2.49. The molecule has 0 aliphatic carbocycles. The molecule has 1 rings (SSSR count). The normalized spacial score (nSPS) is 13.6. The van der Waals surface area contributed by atoms with Gasteiger partial charge in [0.2, 0.25) is 0 Å². The number of aromatic carboxylic acids is 1. The summed E-state index contributed by atoms with van der Waals surface area (Å²) >= 11 is 5.32. The zero-order chi connectivity index (χ0) is 20.0. The molecular formula is C9H4ClF6NO6S2. The number of hydrogen-bond donors (Lipinski definition) is 1. The molecule has 0 saturated heterocycles. The number of carboxylic acids is 1.